The fraction of sp³-hybridized carbons (Fsp3) is 0.150. The number of nitrogens with zero attached hydrogens (tertiary/aromatic N) is 2. The van der Waals surface area contributed by atoms with Crippen molar-refractivity contribution in [2.45, 2.75) is 6.54 Å². The largest absolute Gasteiger partial charge is 0.381 e. The van der Waals surface area contributed by atoms with E-state index in [-0.39, 0.29) is 11.8 Å². The number of hydrogen-bond donors (Lipinski definition) is 3. The van der Waals surface area contributed by atoms with Gasteiger partial charge in [0.25, 0.3) is 11.8 Å². The van der Waals surface area contributed by atoms with Crippen LogP contribution in [0.1, 0.15) is 26.3 Å². The number of benzene rings is 2. The van der Waals surface area contributed by atoms with Gasteiger partial charge in [0, 0.05) is 49.8 Å². The molecule has 2 aromatic carbocycles. The van der Waals surface area contributed by atoms with Crippen molar-refractivity contribution in [2.24, 2.45) is 0 Å². The first kappa shape index (κ1) is 18.2. The molecule has 0 aliphatic rings. The highest BCUT2D eigenvalue weighted by atomic mass is 16.2. The topological polar surface area (TPSA) is 88.1 Å². The third-order valence-electron chi connectivity index (χ3n) is 4.11. The van der Waals surface area contributed by atoms with E-state index in [1.165, 1.54) is 0 Å². The van der Waals surface area contributed by atoms with Gasteiger partial charge in [-0.1, -0.05) is 12.1 Å². The Morgan fingerprint density at radius 2 is 1.59 bits per heavy atom. The van der Waals surface area contributed by atoms with Crippen LogP contribution in [0.3, 0.4) is 0 Å². The highest BCUT2D eigenvalue weighted by Crippen LogP contribution is 2.17. The van der Waals surface area contributed by atoms with E-state index in [1.807, 2.05) is 36.5 Å². The molecule has 0 spiro atoms. The van der Waals surface area contributed by atoms with Gasteiger partial charge in [-0.15, -0.1) is 0 Å². The highest BCUT2D eigenvalue weighted by molar-refractivity contribution is 6.00. The maximum atomic E-state index is 12.0. The van der Waals surface area contributed by atoms with Crippen molar-refractivity contribution in [1.29, 1.82) is 0 Å². The van der Waals surface area contributed by atoms with Crippen LogP contribution in [-0.2, 0) is 6.54 Å². The van der Waals surface area contributed by atoms with E-state index in [1.54, 1.807) is 43.2 Å². The SMILES string of the molecule is CNC(=O)c1cc(NCc2ccc(-n3cccn3)cc2)cc(C(=O)NC)c1. The highest BCUT2D eigenvalue weighted by Gasteiger charge is 2.11. The molecule has 0 aliphatic carbocycles. The standard InChI is InChI=1S/C20H21N5O2/c1-21-19(26)15-10-16(20(27)22-2)12-17(11-15)23-13-14-4-6-18(7-5-14)25-9-3-8-24-25/h3-12,23H,13H2,1-2H3,(H,21,26)(H,22,27). The van der Waals surface area contributed by atoms with Crippen LogP contribution >= 0.6 is 0 Å². The first-order valence-electron chi connectivity index (χ1n) is 8.53. The zero-order valence-electron chi connectivity index (χ0n) is 15.2. The Morgan fingerprint density at radius 1 is 0.963 bits per heavy atom. The van der Waals surface area contributed by atoms with Gasteiger partial charge in [0.05, 0.1) is 5.69 Å². The Labute approximate surface area is 157 Å². The molecule has 1 aromatic heterocycles. The molecule has 138 valence electrons. The average molecular weight is 363 g/mol. The lowest BCUT2D eigenvalue weighted by Crippen LogP contribution is -2.21. The maximum Gasteiger partial charge on any atom is 0.251 e. The number of carbonyl (C=O) groups excluding carboxylic acids is 2. The molecule has 0 saturated heterocycles. The fourth-order valence-electron chi connectivity index (χ4n) is 2.67. The summed E-state index contributed by atoms with van der Waals surface area (Å²) in [5.41, 5.74) is 3.60. The predicted molar refractivity (Wildman–Crippen MR) is 104 cm³/mol. The Morgan fingerprint density at radius 3 is 2.11 bits per heavy atom. The van der Waals surface area contributed by atoms with Gasteiger partial charge in [-0.3, -0.25) is 9.59 Å². The quantitative estimate of drug-likeness (QED) is 0.626. The molecule has 2 amide bonds. The zero-order chi connectivity index (χ0) is 19.2. The van der Waals surface area contributed by atoms with Crippen LogP contribution in [0.5, 0.6) is 0 Å². The van der Waals surface area contributed by atoms with E-state index >= 15 is 0 Å². The molecule has 0 bridgehead atoms. The monoisotopic (exact) mass is 363 g/mol. The van der Waals surface area contributed by atoms with Gasteiger partial charge < -0.3 is 16.0 Å². The molecule has 0 aliphatic heterocycles. The van der Waals surface area contributed by atoms with Crippen molar-refractivity contribution >= 4 is 17.5 Å². The maximum absolute atomic E-state index is 12.0. The van der Waals surface area contributed by atoms with Crippen LogP contribution in [0.2, 0.25) is 0 Å². The summed E-state index contributed by atoms with van der Waals surface area (Å²) in [6, 6.07) is 14.9. The van der Waals surface area contributed by atoms with E-state index in [2.05, 4.69) is 21.0 Å². The van der Waals surface area contributed by atoms with E-state index in [9.17, 15) is 9.59 Å². The van der Waals surface area contributed by atoms with E-state index in [4.69, 9.17) is 0 Å². The summed E-state index contributed by atoms with van der Waals surface area (Å²) < 4.78 is 1.79. The molecule has 0 radical (unpaired) electrons. The summed E-state index contributed by atoms with van der Waals surface area (Å²) in [4.78, 5) is 23.9. The summed E-state index contributed by atoms with van der Waals surface area (Å²) in [6.07, 6.45) is 3.62. The third kappa shape index (κ3) is 4.33. The van der Waals surface area contributed by atoms with Gasteiger partial charge in [-0.25, -0.2) is 4.68 Å². The lowest BCUT2D eigenvalue weighted by molar-refractivity contribution is 0.0962. The molecule has 7 heteroatoms. The molecular weight excluding hydrogens is 342 g/mol. The van der Waals surface area contributed by atoms with Crippen LogP contribution in [0, 0.1) is 0 Å². The summed E-state index contributed by atoms with van der Waals surface area (Å²) in [5, 5.41) is 12.6. The van der Waals surface area contributed by atoms with E-state index < -0.39 is 0 Å². The van der Waals surface area contributed by atoms with Crippen LogP contribution in [0.25, 0.3) is 5.69 Å². The van der Waals surface area contributed by atoms with Crippen molar-refractivity contribution < 1.29 is 9.59 Å². The second-order valence-corrected chi connectivity index (χ2v) is 5.93. The van der Waals surface area contributed by atoms with Crippen molar-refractivity contribution in [3.05, 3.63) is 77.6 Å². The smallest absolute Gasteiger partial charge is 0.251 e. The third-order valence-corrected chi connectivity index (χ3v) is 4.11. The number of rotatable bonds is 6. The molecular formula is C20H21N5O2. The van der Waals surface area contributed by atoms with Crippen LogP contribution in [0.4, 0.5) is 5.69 Å². The summed E-state index contributed by atoms with van der Waals surface area (Å²) >= 11 is 0. The van der Waals surface area contributed by atoms with Crippen LogP contribution in [-0.4, -0.2) is 35.7 Å². The molecule has 27 heavy (non-hydrogen) atoms. The van der Waals surface area contributed by atoms with Gasteiger partial charge in [0.15, 0.2) is 0 Å². The Hall–Kier alpha value is -3.61. The molecule has 0 atom stereocenters. The Balaban J connectivity index is 1.76. The molecule has 7 nitrogen and oxygen atoms in total. The number of carbonyl (C=O) groups is 2. The normalized spacial score (nSPS) is 10.3. The summed E-state index contributed by atoms with van der Waals surface area (Å²) in [5.74, 6) is -0.486. The molecule has 0 fully saturated rings. The van der Waals surface area contributed by atoms with Crippen LogP contribution in [0.15, 0.2) is 60.9 Å². The first-order valence-corrected chi connectivity index (χ1v) is 8.53. The van der Waals surface area contributed by atoms with Crippen molar-refractivity contribution in [1.82, 2.24) is 20.4 Å². The minimum Gasteiger partial charge on any atom is -0.381 e. The van der Waals surface area contributed by atoms with Gasteiger partial charge >= 0.3 is 0 Å². The van der Waals surface area contributed by atoms with Gasteiger partial charge in [0.1, 0.15) is 0 Å². The molecule has 3 rings (SSSR count). The number of hydrogen-bond acceptors (Lipinski definition) is 4. The lowest BCUT2D eigenvalue weighted by atomic mass is 10.1. The molecule has 1 heterocycles. The number of anilines is 1. The van der Waals surface area contributed by atoms with Crippen molar-refractivity contribution in [3.63, 3.8) is 0 Å². The average Bonchev–Trinajstić information content (AvgIpc) is 3.26. The van der Waals surface area contributed by atoms with Crippen molar-refractivity contribution in [3.8, 4) is 5.69 Å². The number of nitrogens with one attached hydrogen (secondary N) is 3. The summed E-state index contributed by atoms with van der Waals surface area (Å²) in [7, 11) is 3.12. The molecule has 0 unspecified atom stereocenters. The molecule has 3 N–H and O–H groups in total. The van der Waals surface area contributed by atoms with E-state index in [0.29, 0.717) is 23.4 Å². The lowest BCUT2D eigenvalue weighted by Gasteiger charge is -2.11. The van der Waals surface area contributed by atoms with E-state index in [0.717, 1.165) is 11.3 Å². The minimum absolute atomic E-state index is 0.243. The first-order chi connectivity index (χ1) is 13.1. The summed E-state index contributed by atoms with van der Waals surface area (Å²) in [6.45, 7) is 0.559. The van der Waals surface area contributed by atoms with Crippen LogP contribution < -0.4 is 16.0 Å². The van der Waals surface area contributed by atoms with Crippen molar-refractivity contribution in [2.75, 3.05) is 19.4 Å². The zero-order valence-corrected chi connectivity index (χ0v) is 15.2. The molecule has 0 saturated carbocycles. The van der Waals surface area contributed by atoms with Gasteiger partial charge in [-0.2, -0.15) is 5.10 Å². The van der Waals surface area contributed by atoms with Gasteiger partial charge in [0.2, 0.25) is 0 Å². The molecule has 3 aromatic rings. The predicted octanol–water partition coefficient (Wildman–Crippen LogP) is 2.20. The minimum atomic E-state index is -0.243. The second-order valence-electron chi connectivity index (χ2n) is 5.93. The Bertz CT molecular complexity index is 899. The Kier molecular flexibility index (Phi) is 5.51. The fourth-order valence-corrected chi connectivity index (χ4v) is 2.67. The second kappa shape index (κ2) is 8.18. The number of amides is 2. The van der Waals surface area contributed by atoms with Gasteiger partial charge in [-0.05, 0) is 42.0 Å². The number of aromatic nitrogens is 2.